The lowest BCUT2D eigenvalue weighted by molar-refractivity contribution is -0.101. The summed E-state index contributed by atoms with van der Waals surface area (Å²) in [4.78, 5) is 0. The van der Waals surface area contributed by atoms with Crippen molar-refractivity contribution in [3.8, 4) is 0 Å². The van der Waals surface area contributed by atoms with Gasteiger partial charge in [-0.2, -0.15) is 0 Å². The van der Waals surface area contributed by atoms with Crippen molar-refractivity contribution in [2.45, 2.75) is 25.5 Å². The smallest absolute Gasteiger partial charge is 0.0965 e. The molecule has 2 atom stereocenters. The molecule has 3 heteroatoms. The molecule has 1 aliphatic heterocycles. The van der Waals surface area contributed by atoms with E-state index in [0.717, 1.165) is 13.0 Å². The maximum Gasteiger partial charge on any atom is 0.0965 e. The van der Waals surface area contributed by atoms with Crippen LogP contribution in [-0.4, -0.2) is 38.5 Å². The fraction of sp³-hybridized carbons (Fsp3) is 0.444. The summed E-state index contributed by atoms with van der Waals surface area (Å²) in [7, 11) is 0. The van der Waals surface area contributed by atoms with E-state index in [0.29, 0.717) is 25.9 Å². The van der Waals surface area contributed by atoms with Crippen LogP contribution < -0.4 is 5.32 Å². The van der Waals surface area contributed by atoms with Crippen LogP contribution >= 0.6 is 0 Å². The SMILES string of the molecule is CCNC(Cc1cccc2ccccc12)C1COCCO1. The van der Waals surface area contributed by atoms with Crippen LogP contribution in [0, 0.1) is 0 Å². The van der Waals surface area contributed by atoms with Gasteiger partial charge in [0.25, 0.3) is 0 Å². The minimum Gasteiger partial charge on any atom is -0.376 e. The summed E-state index contributed by atoms with van der Waals surface area (Å²) in [5.74, 6) is 0. The van der Waals surface area contributed by atoms with E-state index >= 15 is 0 Å². The third kappa shape index (κ3) is 3.43. The van der Waals surface area contributed by atoms with Gasteiger partial charge in [0.1, 0.15) is 0 Å². The molecule has 2 unspecified atom stereocenters. The van der Waals surface area contributed by atoms with Crippen LogP contribution in [0.4, 0.5) is 0 Å². The minimum absolute atomic E-state index is 0.137. The summed E-state index contributed by atoms with van der Waals surface area (Å²) < 4.78 is 11.5. The van der Waals surface area contributed by atoms with Gasteiger partial charge in [0.2, 0.25) is 0 Å². The Balaban J connectivity index is 1.83. The van der Waals surface area contributed by atoms with Gasteiger partial charge < -0.3 is 14.8 Å². The van der Waals surface area contributed by atoms with Crippen molar-refractivity contribution < 1.29 is 9.47 Å². The highest BCUT2D eigenvalue weighted by atomic mass is 16.6. The van der Waals surface area contributed by atoms with E-state index in [9.17, 15) is 0 Å². The second kappa shape index (κ2) is 7.03. The van der Waals surface area contributed by atoms with Gasteiger partial charge in [0, 0.05) is 6.04 Å². The zero-order valence-electron chi connectivity index (χ0n) is 12.5. The van der Waals surface area contributed by atoms with E-state index in [2.05, 4.69) is 54.7 Å². The number of hydrogen-bond donors (Lipinski definition) is 1. The monoisotopic (exact) mass is 285 g/mol. The predicted octanol–water partition coefficient (Wildman–Crippen LogP) is 2.78. The first-order chi connectivity index (χ1) is 10.4. The minimum atomic E-state index is 0.137. The number of rotatable bonds is 5. The number of benzene rings is 2. The van der Waals surface area contributed by atoms with Crippen LogP contribution in [0.1, 0.15) is 12.5 Å². The summed E-state index contributed by atoms with van der Waals surface area (Å²) in [6.07, 6.45) is 1.10. The summed E-state index contributed by atoms with van der Waals surface area (Å²) in [6.45, 7) is 5.17. The Morgan fingerprint density at radius 1 is 1.14 bits per heavy atom. The molecule has 0 aromatic heterocycles. The third-order valence-electron chi connectivity index (χ3n) is 4.08. The first kappa shape index (κ1) is 14.5. The molecule has 2 aromatic carbocycles. The maximum atomic E-state index is 5.89. The van der Waals surface area contributed by atoms with Crippen molar-refractivity contribution >= 4 is 10.8 Å². The van der Waals surface area contributed by atoms with E-state index < -0.39 is 0 Å². The topological polar surface area (TPSA) is 30.5 Å². The van der Waals surface area contributed by atoms with Gasteiger partial charge >= 0.3 is 0 Å². The van der Waals surface area contributed by atoms with Crippen LogP contribution in [0.15, 0.2) is 42.5 Å². The highest BCUT2D eigenvalue weighted by molar-refractivity contribution is 5.85. The molecule has 21 heavy (non-hydrogen) atoms. The predicted molar refractivity (Wildman–Crippen MR) is 85.7 cm³/mol. The van der Waals surface area contributed by atoms with Gasteiger partial charge in [0.15, 0.2) is 0 Å². The molecule has 0 saturated carbocycles. The van der Waals surface area contributed by atoms with Crippen molar-refractivity contribution in [1.82, 2.24) is 5.32 Å². The molecule has 1 N–H and O–H groups in total. The van der Waals surface area contributed by atoms with Gasteiger partial charge in [-0.15, -0.1) is 0 Å². The molecule has 0 aliphatic carbocycles. The van der Waals surface area contributed by atoms with E-state index in [1.165, 1.54) is 16.3 Å². The first-order valence-electron chi connectivity index (χ1n) is 7.78. The highest BCUT2D eigenvalue weighted by Crippen LogP contribution is 2.21. The molecule has 0 amide bonds. The molecule has 1 fully saturated rings. The number of hydrogen-bond acceptors (Lipinski definition) is 3. The Morgan fingerprint density at radius 3 is 2.81 bits per heavy atom. The number of likely N-dealkylation sites (N-methyl/N-ethyl adjacent to an activating group) is 1. The lowest BCUT2D eigenvalue weighted by Crippen LogP contribution is -2.47. The largest absolute Gasteiger partial charge is 0.376 e. The molecule has 0 radical (unpaired) electrons. The maximum absolute atomic E-state index is 5.89. The van der Waals surface area contributed by atoms with Gasteiger partial charge in [-0.05, 0) is 29.3 Å². The van der Waals surface area contributed by atoms with Crippen molar-refractivity contribution in [2.24, 2.45) is 0 Å². The fourth-order valence-electron chi connectivity index (χ4n) is 3.04. The van der Waals surface area contributed by atoms with E-state index in [-0.39, 0.29) is 6.10 Å². The zero-order chi connectivity index (χ0) is 14.5. The standard InChI is InChI=1S/C18H23NO2/c1-2-19-17(18-13-20-10-11-21-18)12-15-8-5-7-14-6-3-4-9-16(14)15/h3-9,17-19H,2,10-13H2,1H3. The summed E-state index contributed by atoms with van der Waals surface area (Å²) >= 11 is 0. The Hall–Kier alpha value is -1.42. The van der Waals surface area contributed by atoms with E-state index in [1.807, 2.05) is 0 Å². The first-order valence-corrected chi connectivity index (χ1v) is 7.78. The van der Waals surface area contributed by atoms with Gasteiger partial charge in [-0.25, -0.2) is 0 Å². The summed E-state index contributed by atoms with van der Waals surface area (Å²) in [6, 6.07) is 15.4. The van der Waals surface area contributed by atoms with Crippen LogP contribution in [0.2, 0.25) is 0 Å². The van der Waals surface area contributed by atoms with Crippen molar-refractivity contribution in [2.75, 3.05) is 26.4 Å². The van der Waals surface area contributed by atoms with Crippen molar-refractivity contribution in [3.63, 3.8) is 0 Å². The number of nitrogens with one attached hydrogen (secondary N) is 1. The molecule has 112 valence electrons. The van der Waals surface area contributed by atoms with Gasteiger partial charge in [-0.1, -0.05) is 49.4 Å². The van der Waals surface area contributed by atoms with Crippen LogP contribution in [0.5, 0.6) is 0 Å². The second-order valence-corrected chi connectivity index (χ2v) is 5.49. The lowest BCUT2D eigenvalue weighted by atomic mass is 9.96. The molecular weight excluding hydrogens is 262 g/mol. The quantitative estimate of drug-likeness (QED) is 0.916. The molecule has 1 heterocycles. The molecule has 2 aromatic rings. The highest BCUT2D eigenvalue weighted by Gasteiger charge is 2.25. The summed E-state index contributed by atoms with van der Waals surface area (Å²) in [5, 5.41) is 6.19. The normalized spacial score (nSPS) is 20.5. The van der Waals surface area contributed by atoms with E-state index in [1.54, 1.807) is 0 Å². The van der Waals surface area contributed by atoms with Gasteiger partial charge in [0.05, 0.1) is 25.9 Å². The number of fused-ring (bicyclic) bond motifs is 1. The Bertz CT molecular complexity index is 573. The summed E-state index contributed by atoms with van der Waals surface area (Å²) in [5.41, 5.74) is 1.37. The molecule has 0 bridgehead atoms. The molecule has 3 nitrogen and oxygen atoms in total. The number of ether oxygens (including phenoxy) is 2. The molecule has 1 saturated heterocycles. The molecule has 0 spiro atoms. The second-order valence-electron chi connectivity index (χ2n) is 5.49. The van der Waals surface area contributed by atoms with Gasteiger partial charge in [-0.3, -0.25) is 0 Å². The fourth-order valence-corrected chi connectivity index (χ4v) is 3.04. The Kier molecular flexibility index (Phi) is 4.86. The molecule has 3 rings (SSSR count). The Morgan fingerprint density at radius 2 is 2.00 bits per heavy atom. The lowest BCUT2D eigenvalue weighted by Gasteiger charge is -2.31. The van der Waals surface area contributed by atoms with Crippen LogP contribution in [0.25, 0.3) is 10.8 Å². The van der Waals surface area contributed by atoms with Crippen LogP contribution in [0.3, 0.4) is 0 Å². The van der Waals surface area contributed by atoms with Crippen molar-refractivity contribution in [1.29, 1.82) is 0 Å². The van der Waals surface area contributed by atoms with Crippen molar-refractivity contribution in [3.05, 3.63) is 48.0 Å². The average molecular weight is 285 g/mol. The van der Waals surface area contributed by atoms with E-state index in [4.69, 9.17) is 9.47 Å². The zero-order valence-corrected chi connectivity index (χ0v) is 12.5. The third-order valence-corrected chi connectivity index (χ3v) is 4.08. The molecule has 1 aliphatic rings. The molecular formula is C18H23NO2. The van der Waals surface area contributed by atoms with Crippen LogP contribution in [-0.2, 0) is 15.9 Å². The Labute approximate surface area is 126 Å². The average Bonchev–Trinajstić information content (AvgIpc) is 2.55.